The Balaban J connectivity index is 2.56. The van der Waals surface area contributed by atoms with E-state index in [4.69, 9.17) is 0 Å². The summed E-state index contributed by atoms with van der Waals surface area (Å²) in [6.07, 6.45) is -0.0312. The van der Waals surface area contributed by atoms with Crippen molar-refractivity contribution in [1.82, 2.24) is 0 Å². The van der Waals surface area contributed by atoms with Crippen LogP contribution < -0.4 is 0 Å². The zero-order valence-corrected chi connectivity index (χ0v) is 4.53. The highest BCUT2D eigenvalue weighted by Gasteiger charge is 2.41. The van der Waals surface area contributed by atoms with Crippen LogP contribution in [0.5, 0.6) is 0 Å². The van der Waals surface area contributed by atoms with E-state index in [0.29, 0.717) is 6.54 Å². The lowest BCUT2D eigenvalue weighted by Crippen LogP contribution is -2.17. The van der Waals surface area contributed by atoms with Gasteiger partial charge in [-0.1, -0.05) is 0 Å². The van der Waals surface area contributed by atoms with Crippen LogP contribution >= 0.6 is 0 Å². The smallest absolute Gasteiger partial charge is 0.236 e. The van der Waals surface area contributed by atoms with Gasteiger partial charge in [0.1, 0.15) is 13.3 Å². The summed E-state index contributed by atoms with van der Waals surface area (Å²) in [6.45, 7) is 3.64. The fourth-order valence-electron chi connectivity index (χ4n) is 0.807. The van der Waals surface area contributed by atoms with E-state index in [1.807, 2.05) is 0 Å². The molecule has 1 fully saturated rings. The van der Waals surface area contributed by atoms with Crippen molar-refractivity contribution in [2.45, 2.75) is 12.3 Å². The molecule has 0 unspecified atom stereocenters. The van der Waals surface area contributed by atoms with Crippen LogP contribution in [-0.2, 0) is 0 Å². The summed E-state index contributed by atoms with van der Waals surface area (Å²) >= 11 is 0. The van der Waals surface area contributed by atoms with E-state index >= 15 is 0 Å². The molecule has 1 rings (SSSR count). The van der Waals surface area contributed by atoms with Crippen molar-refractivity contribution >= 4 is 6.72 Å². The molecule has 1 nitrogen and oxygen atoms in total. The number of nitrogens with zero attached hydrogens (tertiary/aromatic N) is 1. The minimum Gasteiger partial charge on any atom is -0.236 e. The van der Waals surface area contributed by atoms with Crippen LogP contribution in [0.3, 0.4) is 0 Å². The molecule has 8 heavy (non-hydrogen) atoms. The molecule has 0 aromatic rings. The molecule has 0 atom stereocenters. The van der Waals surface area contributed by atoms with Crippen LogP contribution in [0.4, 0.5) is 8.78 Å². The zero-order chi connectivity index (χ0) is 6.20. The third kappa shape index (κ3) is 1.02. The molecule has 0 N–H and O–H groups in total. The van der Waals surface area contributed by atoms with E-state index in [9.17, 15) is 8.78 Å². The van der Waals surface area contributed by atoms with E-state index in [-0.39, 0.29) is 13.0 Å². The van der Waals surface area contributed by atoms with Gasteiger partial charge in [-0.05, 0) is 0 Å². The van der Waals surface area contributed by atoms with Gasteiger partial charge in [-0.15, -0.1) is 0 Å². The second-order valence-electron chi connectivity index (χ2n) is 2.16. The summed E-state index contributed by atoms with van der Waals surface area (Å²) in [5.41, 5.74) is 0. The van der Waals surface area contributed by atoms with Gasteiger partial charge in [-0.2, -0.15) is 8.78 Å². The quantitative estimate of drug-likeness (QED) is 0.415. The number of hydrogen-bond acceptors (Lipinski definition) is 0. The van der Waals surface area contributed by atoms with Gasteiger partial charge in [0.15, 0.2) is 0 Å². The van der Waals surface area contributed by atoms with E-state index in [0.717, 1.165) is 0 Å². The molecule has 3 heteroatoms. The van der Waals surface area contributed by atoms with E-state index in [2.05, 4.69) is 6.72 Å². The highest BCUT2D eigenvalue weighted by Crippen LogP contribution is 2.23. The number of halogens is 2. The topological polar surface area (TPSA) is 3.01 Å². The standard InChI is InChI=1S/C5H8F2N/c1-8-3-2-5(6,7)4-8/h1-4H2/q+1. The Morgan fingerprint density at radius 3 is 2.25 bits per heavy atom. The van der Waals surface area contributed by atoms with Crippen LogP contribution in [0.1, 0.15) is 6.42 Å². The maximum absolute atomic E-state index is 12.1. The minimum absolute atomic E-state index is 0.0312. The average molecular weight is 120 g/mol. The van der Waals surface area contributed by atoms with Crippen LogP contribution in [0.2, 0.25) is 0 Å². The van der Waals surface area contributed by atoms with Crippen LogP contribution in [0.25, 0.3) is 0 Å². The average Bonchev–Trinajstić information content (AvgIpc) is 1.82. The Morgan fingerprint density at radius 1 is 1.50 bits per heavy atom. The largest absolute Gasteiger partial charge is 0.310 e. The molecule has 0 amide bonds. The van der Waals surface area contributed by atoms with Gasteiger partial charge in [-0.3, -0.25) is 0 Å². The van der Waals surface area contributed by atoms with E-state index in [1.165, 1.54) is 4.58 Å². The molecule has 1 aliphatic heterocycles. The Bertz CT molecular complexity index is 120. The first kappa shape index (κ1) is 5.66. The SMILES string of the molecule is C=[N+]1CCC(F)(F)C1. The van der Waals surface area contributed by atoms with Gasteiger partial charge in [0.05, 0.1) is 6.42 Å². The first-order valence-corrected chi connectivity index (χ1v) is 2.53. The van der Waals surface area contributed by atoms with Gasteiger partial charge in [0.2, 0.25) is 6.54 Å². The molecule has 0 radical (unpaired) electrons. The maximum atomic E-state index is 12.1. The predicted molar refractivity (Wildman–Crippen MR) is 26.7 cm³/mol. The molecule has 0 aliphatic carbocycles. The molecular weight excluding hydrogens is 112 g/mol. The van der Waals surface area contributed by atoms with Crippen molar-refractivity contribution < 1.29 is 13.4 Å². The second kappa shape index (κ2) is 1.50. The fourth-order valence-corrected chi connectivity index (χ4v) is 0.807. The van der Waals surface area contributed by atoms with Crippen molar-refractivity contribution in [2.24, 2.45) is 0 Å². The van der Waals surface area contributed by atoms with Crippen molar-refractivity contribution in [3.8, 4) is 0 Å². The third-order valence-corrected chi connectivity index (χ3v) is 1.25. The van der Waals surface area contributed by atoms with Gasteiger partial charge in [0, 0.05) is 0 Å². The molecule has 0 aromatic carbocycles. The van der Waals surface area contributed by atoms with Crippen molar-refractivity contribution in [2.75, 3.05) is 13.1 Å². The Morgan fingerprint density at radius 2 is 2.12 bits per heavy atom. The lowest BCUT2D eigenvalue weighted by Gasteiger charge is -1.97. The second-order valence-corrected chi connectivity index (χ2v) is 2.16. The van der Waals surface area contributed by atoms with Gasteiger partial charge < -0.3 is 0 Å². The molecule has 0 aromatic heterocycles. The minimum atomic E-state index is -2.47. The molecule has 0 spiro atoms. The first-order chi connectivity index (χ1) is 3.60. The number of alkyl halides is 2. The monoisotopic (exact) mass is 120 g/mol. The molecule has 46 valence electrons. The summed E-state index contributed by atoms with van der Waals surface area (Å²) in [5.74, 6) is -2.47. The Kier molecular flexibility index (Phi) is 1.06. The van der Waals surface area contributed by atoms with Crippen molar-refractivity contribution in [1.29, 1.82) is 0 Å². The van der Waals surface area contributed by atoms with Crippen molar-refractivity contribution in [3.63, 3.8) is 0 Å². The molecular formula is C5H8F2N+. The molecule has 0 bridgehead atoms. The molecule has 1 saturated heterocycles. The molecule has 1 aliphatic rings. The van der Waals surface area contributed by atoms with E-state index in [1.54, 1.807) is 0 Å². The van der Waals surface area contributed by atoms with Gasteiger partial charge in [0.25, 0.3) is 0 Å². The highest BCUT2D eigenvalue weighted by molar-refractivity contribution is 5.15. The van der Waals surface area contributed by atoms with Crippen molar-refractivity contribution in [3.05, 3.63) is 0 Å². The Labute approximate surface area is 46.6 Å². The summed E-state index contributed by atoms with van der Waals surface area (Å²) in [7, 11) is 0. The third-order valence-electron chi connectivity index (χ3n) is 1.25. The summed E-state index contributed by atoms with van der Waals surface area (Å²) in [4.78, 5) is 0. The van der Waals surface area contributed by atoms with Crippen LogP contribution in [-0.4, -0.2) is 30.3 Å². The normalized spacial score (nSPS) is 26.5. The van der Waals surface area contributed by atoms with E-state index < -0.39 is 5.92 Å². The Hall–Kier alpha value is -0.470. The molecule has 0 saturated carbocycles. The van der Waals surface area contributed by atoms with Crippen LogP contribution in [0, 0.1) is 0 Å². The summed E-state index contributed by atoms with van der Waals surface area (Å²) in [6, 6.07) is 0. The van der Waals surface area contributed by atoms with Gasteiger partial charge in [-0.25, -0.2) is 4.58 Å². The fraction of sp³-hybridized carbons (Fsp3) is 0.800. The summed E-state index contributed by atoms with van der Waals surface area (Å²) < 4.78 is 25.6. The maximum Gasteiger partial charge on any atom is 0.310 e. The predicted octanol–water partition coefficient (Wildman–Crippen LogP) is 0.738. The zero-order valence-electron chi connectivity index (χ0n) is 4.53. The number of rotatable bonds is 0. The highest BCUT2D eigenvalue weighted by atomic mass is 19.3. The molecule has 1 heterocycles. The first-order valence-electron chi connectivity index (χ1n) is 2.53. The summed E-state index contributed by atoms with van der Waals surface area (Å²) in [5, 5.41) is 0. The van der Waals surface area contributed by atoms with Gasteiger partial charge >= 0.3 is 5.92 Å². The van der Waals surface area contributed by atoms with Crippen LogP contribution in [0.15, 0.2) is 0 Å². The lowest BCUT2D eigenvalue weighted by molar-refractivity contribution is -0.506. The lowest BCUT2D eigenvalue weighted by atomic mass is 10.3. The number of hydrogen-bond donors (Lipinski definition) is 0.